The van der Waals surface area contributed by atoms with Crippen LogP contribution in [0.3, 0.4) is 0 Å². The Labute approximate surface area is 109 Å². The molecule has 0 fully saturated rings. The second-order valence-corrected chi connectivity index (χ2v) is 4.52. The number of nitrogens with two attached hydrogens (primary N) is 1. The molecule has 3 N–H and O–H groups in total. The van der Waals surface area contributed by atoms with E-state index < -0.39 is 5.60 Å². The van der Waals surface area contributed by atoms with Crippen LogP contribution in [0.4, 0.5) is 0 Å². The van der Waals surface area contributed by atoms with Crippen LogP contribution >= 0.6 is 0 Å². The fraction of sp³-hybridized carbons (Fsp3) is 0.500. The highest BCUT2D eigenvalue weighted by Gasteiger charge is 2.30. The average molecular weight is 250 g/mol. The highest BCUT2D eigenvalue weighted by molar-refractivity contribution is 5.84. The lowest BCUT2D eigenvalue weighted by atomic mass is 10.0. The van der Waals surface area contributed by atoms with Gasteiger partial charge in [-0.25, -0.2) is 0 Å². The van der Waals surface area contributed by atoms with Crippen molar-refractivity contribution in [3.63, 3.8) is 0 Å². The van der Waals surface area contributed by atoms with Crippen LogP contribution in [-0.2, 0) is 9.53 Å². The number of benzene rings is 1. The quantitative estimate of drug-likeness (QED) is 0.806. The van der Waals surface area contributed by atoms with Crippen LogP contribution in [-0.4, -0.2) is 25.2 Å². The fourth-order valence-corrected chi connectivity index (χ4v) is 1.61. The Bertz CT molecular complexity index is 375. The summed E-state index contributed by atoms with van der Waals surface area (Å²) in [5.74, 6) is -0.126. The van der Waals surface area contributed by atoms with Gasteiger partial charge in [0.05, 0.1) is 0 Å². The molecular weight excluding hydrogens is 228 g/mol. The number of ether oxygens (including phenoxy) is 1. The van der Waals surface area contributed by atoms with Gasteiger partial charge in [0, 0.05) is 19.7 Å². The highest BCUT2D eigenvalue weighted by Crippen LogP contribution is 2.14. The van der Waals surface area contributed by atoms with Crippen molar-refractivity contribution in [1.29, 1.82) is 0 Å². The zero-order valence-electron chi connectivity index (χ0n) is 11.3. The van der Waals surface area contributed by atoms with Gasteiger partial charge in [0.2, 0.25) is 0 Å². The van der Waals surface area contributed by atoms with Crippen molar-refractivity contribution >= 4 is 5.91 Å². The normalized spacial score (nSPS) is 15.8. The Morgan fingerprint density at radius 2 is 2.06 bits per heavy atom. The molecule has 0 aliphatic heterocycles. The van der Waals surface area contributed by atoms with Crippen molar-refractivity contribution in [2.24, 2.45) is 5.73 Å². The molecule has 1 aromatic carbocycles. The van der Waals surface area contributed by atoms with Crippen LogP contribution in [0.5, 0.6) is 0 Å². The van der Waals surface area contributed by atoms with E-state index in [0.717, 1.165) is 5.56 Å². The molecule has 0 aliphatic carbocycles. The number of carbonyl (C=O) groups excluding carboxylic acids is 1. The van der Waals surface area contributed by atoms with Crippen LogP contribution < -0.4 is 11.1 Å². The van der Waals surface area contributed by atoms with Crippen LogP contribution in [0.25, 0.3) is 0 Å². The number of nitrogens with one attached hydrogen (secondary N) is 1. The number of amides is 1. The molecule has 4 heteroatoms. The zero-order chi connectivity index (χ0) is 13.6. The average Bonchev–Trinajstić information content (AvgIpc) is 2.44. The molecule has 0 aromatic heterocycles. The maximum absolute atomic E-state index is 12.0. The van der Waals surface area contributed by atoms with E-state index in [-0.39, 0.29) is 11.9 Å². The summed E-state index contributed by atoms with van der Waals surface area (Å²) in [5, 5.41) is 2.83. The maximum Gasteiger partial charge on any atom is 0.252 e. The first-order chi connectivity index (χ1) is 8.53. The van der Waals surface area contributed by atoms with Crippen LogP contribution in [0.15, 0.2) is 30.3 Å². The van der Waals surface area contributed by atoms with E-state index in [0.29, 0.717) is 13.0 Å². The van der Waals surface area contributed by atoms with Gasteiger partial charge in [-0.3, -0.25) is 4.79 Å². The SMILES string of the molecule is CCC(C)(OC)C(=O)NCC(N)c1ccccc1. The number of methoxy groups -OCH3 is 1. The summed E-state index contributed by atoms with van der Waals surface area (Å²) in [5.41, 5.74) is 6.24. The van der Waals surface area contributed by atoms with Crippen molar-refractivity contribution in [2.45, 2.75) is 31.9 Å². The molecule has 1 rings (SSSR count). The second kappa shape index (κ2) is 6.52. The third-order valence-corrected chi connectivity index (χ3v) is 3.32. The lowest BCUT2D eigenvalue weighted by molar-refractivity contribution is -0.141. The molecule has 1 amide bonds. The summed E-state index contributed by atoms with van der Waals surface area (Å²) in [4.78, 5) is 12.0. The van der Waals surface area contributed by atoms with E-state index in [1.54, 1.807) is 14.0 Å². The minimum atomic E-state index is -0.781. The molecule has 4 nitrogen and oxygen atoms in total. The second-order valence-electron chi connectivity index (χ2n) is 4.52. The third-order valence-electron chi connectivity index (χ3n) is 3.32. The molecule has 0 bridgehead atoms. The first-order valence-electron chi connectivity index (χ1n) is 6.17. The van der Waals surface area contributed by atoms with Gasteiger partial charge in [-0.15, -0.1) is 0 Å². The number of rotatable bonds is 6. The predicted molar refractivity (Wildman–Crippen MR) is 72.1 cm³/mol. The molecule has 0 saturated carbocycles. The van der Waals surface area contributed by atoms with Crippen molar-refractivity contribution < 1.29 is 9.53 Å². The lowest BCUT2D eigenvalue weighted by Gasteiger charge is -2.26. The van der Waals surface area contributed by atoms with Crippen LogP contribution in [0.2, 0.25) is 0 Å². The molecular formula is C14H22N2O2. The van der Waals surface area contributed by atoms with E-state index in [9.17, 15) is 4.79 Å². The zero-order valence-corrected chi connectivity index (χ0v) is 11.3. The van der Waals surface area contributed by atoms with Crippen molar-refractivity contribution in [3.05, 3.63) is 35.9 Å². The van der Waals surface area contributed by atoms with Gasteiger partial charge in [0.25, 0.3) is 5.91 Å². The summed E-state index contributed by atoms with van der Waals surface area (Å²) in [6.07, 6.45) is 0.621. The summed E-state index contributed by atoms with van der Waals surface area (Å²) in [6, 6.07) is 9.50. The van der Waals surface area contributed by atoms with Gasteiger partial charge in [0.1, 0.15) is 5.60 Å². The number of hydrogen-bond acceptors (Lipinski definition) is 3. The van der Waals surface area contributed by atoms with Crippen LogP contribution in [0.1, 0.15) is 31.9 Å². The highest BCUT2D eigenvalue weighted by atomic mass is 16.5. The summed E-state index contributed by atoms with van der Waals surface area (Å²) in [6.45, 7) is 4.10. The standard InChI is InChI=1S/C14H22N2O2/c1-4-14(2,18-3)13(17)16-10-12(15)11-8-6-5-7-9-11/h5-9,12H,4,10,15H2,1-3H3,(H,16,17). The molecule has 2 unspecified atom stereocenters. The smallest absolute Gasteiger partial charge is 0.252 e. The van der Waals surface area contributed by atoms with Gasteiger partial charge < -0.3 is 15.8 Å². The molecule has 18 heavy (non-hydrogen) atoms. The van der Waals surface area contributed by atoms with E-state index in [2.05, 4.69) is 5.32 Å². The first kappa shape index (κ1) is 14.7. The fourth-order valence-electron chi connectivity index (χ4n) is 1.61. The van der Waals surface area contributed by atoms with Crippen molar-refractivity contribution in [1.82, 2.24) is 5.32 Å². The summed E-state index contributed by atoms with van der Waals surface area (Å²) in [7, 11) is 1.54. The van der Waals surface area contributed by atoms with E-state index in [1.807, 2.05) is 37.3 Å². The molecule has 100 valence electrons. The summed E-state index contributed by atoms with van der Waals surface area (Å²) < 4.78 is 5.23. The van der Waals surface area contributed by atoms with Gasteiger partial charge in [-0.2, -0.15) is 0 Å². The van der Waals surface area contributed by atoms with E-state index in [4.69, 9.17) is 10.5 Å². The Kier molecular flexibility index (Phi) is 5.31. The molecule has 0 radical (unpaired) electrons. The summed E-state index contributed by atoms with van der Waals surface area (Å²) >= 11 is 0. The largest absolute Gasteiger partial charge is 0.369 e. The minimum absolute atomic E-state index is 0.126. The molecule has 0 saturated heterocycles. The minimum Gasteiger partial charge on any atom is -0.369 e. The number of hydrogen-bond donors (Lipinski definition) is 2. The maximum atomic E-state index is 12.0. The molecule has 0 heterocycles. The topological polar surface area (TPSA) is 64.3 Å². The predicted octanol–water partition coefficient (Wildman–Crippen LogP) is 1.62. The van der Waals surface area contributed by atoms with E-state index in [1.165, 1.54) is 0 Å². The Morgan fingerprint density at radius 1 is 1.44 bits per heavy atom. The van der Waals surface area contributed by atoms with Gasteiger partial charge in [0.15, 0.2) is 0 Å². The van der Waals surface area contributed by atoms with Crippen molar-refractivity contribution in [2.75, 3.05) is 13.7 Å². The Morgan fingerprint density at radius 3 is 2.56 bits per heavy atom. The number of carbonyl (C=O) groups is 1. The van der Waals surface area contributed by atoms with Crippen LogP contribution in [0, 0.1) is 0 Å². The van der Waals surface area contributed by atoms with Gasteiger partial charge in [-0.05, 0) is 18.9 Å². The molecule has 0 spiro atoms. The first-order valence-corrected chi connectivity index (χ1v) is 6.17. The van der Waals surface area contributed by atoms with Crippen molar-refractivity contribution in [3.8, 4) is 0 Å². The molecule has 2 atom stereocenters. The lowest BCUT2D eigenvalue weighted by Crippen LogP contribution is -2.47. The van der Waals surface area contributed by atoms with Gasteiger partial charge >= 0.3 is 0 Å². The van der Waals surface area contributed by atoms with Gasteiger partial charge in [-0.1, -0.05) is 37.3 Å². The Balaban J connectivity index is 2.53. The molecule has 1 aromatic rings. The molecule has 0 aliphatic rings. The monoisotopic (exact) mass is 250 g/mol. The third kappa shape index (κ3) is 3.55. The van der Waals surface area contributed by atoms with E-state index >= 15 is 0 Å². The Hall–Kier alpha value is -1.39.